The van der Waals surface area contributed by atoms with Gasteiger partial charge in [0.25, 0.3) is 10.0 Å². The fourth-order valence-electron chi connectivity index (χ4n) is 4.94. The van der Waals surface area contributed by atoms with E-state index in [1.165, 1.54) is 24.3 Å². The lowest BCUT2D eigenvalue weighted by atomic mass is 10.0. The Morgan fingerprint density at radius 3 is 1.78 bits per heavy atom. The minimum absolute atomic E-state index is 0.00281. The maximum atomic E-state index is 12.3. The van der Waals surface area contributed by atoms with Crippen LogP contribution in [0.2, 0.25) is 0 Å². The topological polar surface area (TPSA) is 197 Å². The Morgan fingerprint density at radius 2 is 1.27 bits per heavy atom. The number of sulfonamides is 3. The first-order valence-electron chi connectivity index (χ1n) is 15.4. The van der Waals surface area contributed by atoms with Gasteiger partial charge in [-0.15, -0.1) is 0 Å². The average molecular weight is 754 g/mol. The van der Waals surface area contributed by atoms with Gasteiger partial charge in [0.2, 0.25) is 20.0 Å². The van der Waals surface area contributed by atoms with Crippen LogP contribution in [0.3, 0.4) is 0 Å². The van der Waals surface area contributed by atoms with Crippen molar-refractivity contribution in [3.8, 4) is 16.8 Å². The molecule has 1 amide bonds. The highest BCUT2D eigenvalue weighted by Crippen LogP contribution is 2.30. The van der Waals surface area contributed by atoms with Gasteiger partial charge in [-0.1, -0.05) is 59.7 Å². The van der Waals surface area contributed by atoms with Gasteiger partial charge in [-0.3, -0.25) is 4.72 Å². The molecular weight excluding hydrogens is 715 g/mol. The Kier molecular flexibility index (Phi) is 12.1. The number of rotatable bonds is 10. The number of hydrogen-bond donors (Lipinski definition) is 3. The van der Waals surface area contributed by atoms with E-state index < -0.39 is 36.2 Å². The average Bonchev–Trinajstić information content (AvgIpc) is 3.34. The zero-order valence-electron chi connectivity index (χ0n) is 28.6. The minimum atomic E-state index is -4.00. The van der Waals surface area contributed by atoms with Crippen molar-refractivity contribution in [1.29, 1.82) is 0 Å². The monoisotopic (exact) mass is 753 g/mol. The highest BCUT2D eigenvalue weighted by molar-refractivity contribution is 7.92. The molecule has 0 fully saturated rings. The molecule has 1 heterocycles. The van der Waals surface area contributed by atoms with Gasteiger partial charge in [0.15, 0.2) is 0 Å². The SMILES string of the molecule is Cc1ccc(S(=O)(=O)NC(=O)OCCc2ccc(-n3nc(C)c(-c4ccc(NS(C)(=O)=O)cc4)c3C)cc2)cc1.Cc1ccc(S(N)(=O)=O)cc1. The molecule has 13 nitrogen and oxygen atoms in total. The number of aryl methyl sites for hydroxylation is 3. The maximum Gasteiger partial charge on any atom is 0.421 e. The predicted molar refractivity (Wildman–Crippen MR) is 196 cm³/mol. The van der Waals surface area contributed by atoms with Crippen molar-refractivity contribution in [2.75, 3.05) is 17.6 Å². The summed E-state index contributed by atoms with van der Waals surface area (Å²) in [7, 11) is -10.9. The standard InChI is InChI=1S/C28H30N4O6S2.C7H9NO2S/c1-19-5-15-26(16-6-19)40(36,37)31-28(33)38-18-17-22-7-13-25(14-8-22)32-21(3)27(20(2)29-32)23-9-11-24(12-10-23)30-39(4,34)35;1-6-2-4-7(5-3-6)11(8,9)10/h5-16,30H,17-18H2,1-4H3,(H,31,33);2-5H,1H3,(H2,8,9,10). The molecule has 4 aromatic carbocycles. The summed E-state index contributed by atoms with van der Waals surface area (Å²) in [5.74, 6) is 0. The zero-order valence-corrected chi connectivity index (χ0v) is 31.1. The van der Waals surface area contributed by atoms with Crippen LogP contribution < -0.4 is 14.6 Å². The molecule has 0 spiro atoms. The molecule has 0 aliphatic carbocycles. The van der Waals surface area contributed by atoms with Gasteiger partial charge < -0.3 is 4.74 Å². The van der Waals surface area contributed by atoms with Crippen molar-refractivity contribution in [3.05, 3.63) is 125 Å². The maximum absolute atomic E-state index is 12.3. The number of ether oxygens (including phenoxy) is 1. The number of carbonyl (C=O) groups excluding carboxylic acids is 1. The first kappa shape index (κ1) is 38.8. The summed E-state index contributed by atoms with van der Waals surface area (Å²) in [6.07, 6.45) is 0.468. The number of nitrogens with one attached hydrogen (secondary N) is 2. The number of benzene rings is 4. The quantitative estimate of drug-likeness (QED) is 0.173. The van der Waals surface area contributed by atoms with Crippen molar-refractivity contribution in [2.45, 2.75) is 43.9 Å². The fourth-order valence-corrected chi connectivity index (χ4v) is 6.91. The van der Waals surface area contributed by atoms with E-state index >= 15 is 0 Å². The summed E-state index contributed by atoms with van der Waals surface area (Å²) in [5.41, 5.74) is 7.75. The normalized spacial score (nSPS) is 11.6. The Bertz CT molecular complexity index is 2320. The Morgan fingerprint density at radius 1 is 0.745 bits per heavy atom. The molecule has 0 saturated heterocycles. The van der Waals surface area contributed by atoms with E-state index in [2.05, 4.69) is 9.82 Å². The first-order chi connectivity index (χ1) is 23.8. The van der Waals surface area contributed by atoms with E-state index in [4.69, 9.17) is 9.88 Å². The number of nitrogens with two attached hydrogens (primary N) is 1. The molecular formula is C35H39N5O8S3. The molecule has 5 aromatic rings. The van der Waals surface area contributed by atoms with Crippen molar-refractivity contribution in [3.63, 3.8) is 0 Å². The summed E-state index contributed by atoms with van der Waals surface area (Å²) in [6.45, 7) is 7.60. The summed E-state index contributed by atoms with van der Waals surface area (Å²) >= 11 is 0. The van der Waals surface area contributed by atoms with Crippen LogP contribution in [-0.4, -0.2) is 54.0 Å². The van der Waals surface area contributed by atoms with Crippen LogP contribution in [0, 0.1) is 27.7 Å². The van der Waals surface area contributed by atoms with Crippen LogP contribution in [0.15, 0.2) is 107 Å². The van der Waals surface area contributed by atoms with E-state index in [0.29, 0.717) is 12.1 Å². The summed E-state index contributed by atoms with van der Waals surface area (Å²) in [5, 5.41) is 9.57. The van der Waals surface area contributed by atoms with Crippen LogP contribution in [0.5, 0.6) is 0 Å². The molecule has 0 aliphatic rings. The number of primary sulfonamides is 1. The van der Waals surface area contributed by atoms with Gasteiger partial charge in [-0.25, -0.2) is 44.6 Å². The van der Waals surface area contributed by atoms with Crippen LogP contribution in [-0.2, 0) is 41.2 Å². The molecule has 0 bridgehead atoms. The second kappa shape index (κ2) is 15.9. The molecule has 4 N–H and O–H groups in total. The van der Waals surface area contributed by atoms with Gasteiger partial charge in [0, 0.05) is 23.4 Å². The van der Waals surface area contributed by atoms with E-state index in [-0.39, 0.29) is 16.4 Å². The predicted octanol–water partition coefficient (Wildman–Crippen LogP) is 5.14. The summed E-state index contributed by atoms with van der Waals surface area (Å²) in [4.78, 5) is 12.2. The van der Waals surface area contributed by atoms with Crippen LogP contribution >= 0.6 is 0 Å². The molecule has 51 heavy (non-hydrogen) atoms. The minimum Gasteiger partial charge on any atom is -0.448 e. The smallest absolute Gasteiger partial charge is 0.421 e. The Labute approximate surface area is 298 Å². The lowest BCUT2D eigenvalue weighted by molar-refractivity contribution is 0.154. The highest BCUT2D eigenvalue weighted by Gasteiger charge is 2.19. The van der Waals surface area contributed by atoms with E-state index in [9.17, 15) is 30.0 Å². The molecule has 5 rings (SSSR count). The van der Waals surface area contributed by atoms with Crippen molar-refractivity contribution < 1.29 is 34.8 Å². The summed E-state index contributed by atoms with van der Waals surface area (Å²) < 4.78 is 80.3. The molecule has 0 saturated carbocycles. The molecule has 0 atom stereocenters. The van der Waals surface area contributed by atoms with Gasteiger partial charge in [0.05, 0.1) is 34.0 Å². The van der Waals surface area contributed by atoms with E-state index in [1.54, 1.807) is 36.4 Å². The number of hydrogen-bond acceptors (Lipinski definition) is 9. The van der Waals surface area contributed by atoms with Gasteiger partial charge in [0.1, 0.15) is 0 Å². The van der Waals surface area contributed by atoms with Crippen molar-refractivity contribution in [1.82, 2.24) is 14.5 Å². The van der Waals surface area contributed by atoms with E-state index in [1.807, 2.05) is 73.5 Å². The van der Waals surface area contributed by atoms with Crippen LogP contribution in [0.4, 0.5) is 10.5 Å². The third kappa shape index (κ3) is 11.0. The van der Waals surface area contributed by atoms with Gasteiger partial charge in [-0.2, -0.15) is 5.10 Å². The number of amides is 1. The van der Waals surface area contributed by atoms with Crippen molar-refractivity contribution in [2.24, 2.45) is 5.14 Å². The van der Waals surface area contributed by atoms with Crippen LogP contribution in [0.1, 0.15) is 28.1 Å². The summed E-state index contributed by atoms with van der Waals surface area (Å²) in [6, 6.07) is 27.2. The number of carbonyl (C=O) groups is 1. The molecule has 0 aliphatic heterocycles. The lowest BCUT2D eigenvalue weighted by Gasteiger charge is -2.10. The molecule has 0 radical (unpaired) electrons. The van der Waals surface area contributed by atoms with E-state index in [0.717, 1.165) is 51.1 Å². The van der Waals surface area contributed by atoms with Crippen LogP contribution in [0.25, 0.3) is 16.8 Å². The fraction of sp³-hybridized carbons (Fsp3) is 0.200. The lowest BCUT2D eigenvalue weighted by Crippen LogP contribution is -2.31. The number of nitrogens with zero attached hydrogens (tertiary/aromatic N) is 2. The molecule has 0 unspecified atom stereocenters. The molecule has 1 aromatic heterocycles. The third-order valence-electron chi connectivity index (χ3n) is 7.47. The largest absolute Gasteiger partial charge is 0.448 e. The second-order valence-corrected chi connectivity index (χ2v) is 16.7. The molecule has 16 heteroatoms. The van der Waals surface area contributed by atoms with Crippen molar-refractivity contribution >= 4 is 41.9 Å². The highest BCUT2D eigenvalue weighted by atomic mass is 32.2. The number of aromatic nitrogens is 2. The second-order valence-electron chi connectivity index (χ2n) is 11.7. The Balaban J connectivity index is 0.000000452. The van der Waals surface area contributed by atoms with Gasteiger partial charge >= 0.3 is 6.09 Å². The Hall–Kier alpha value is -5.03. The zero-order chi connectivity index (χ0) is 37.6. The third-order valence-corrected chi connectivity index (χ3v) is 10.3. The number of anilines is 1. The first-order valence-corrected chi connectivity index (χ1v) is 20.3. The van der Waals surface area contributed by atoms with Gasteiger partial charge in [-0.05, 0) is 87.4 Å². The molecule has 270 valence electrons.